The molecule has 7 nitrogen and oxygen atoms in total. The van der Waals surface area contributed by atoms with Crippen molar-refractivity contribution in [3.63, 3.8) is 0 Å². The molecule has 1 aromatic rings. The summed E-state index contributed by atoms with van der Waals surface area (Å²) >= 11 is 0. The van der Waals surface area contributed by atoms with E-state index in [1.807, 2.05) is 18.2 Å². The second kappa shape index (κ2) is 10.4. The van der Waals surface area contributed by atoms with Gasteiger partial charge in [0.05, 0.1) is 37.4 Å². The maximum Gasteiger partial charge on any atom is 0.290 e. The average molecular weight is 502 g/mol. The highest BCUT2D eigenvalue weighted by molar-refractivity contribution is 6.11. The largest absolute Gasteiger partial charge is 0.493 e. The number of carbonyl (C=O) groups is 2. The van der Waals surface area contributed by atoms with Crippen molar-refractivity contribution in [2.24, 2.45) is 11.8 Å². The van der Waals surface area contributed by atoms with Gasteiger partial charge in [-0.3, -0.25) is 9.59 Å². The predicted molar refractivity (Wildman–Crippen MR) is 131 cm³/mol. The number of benzene rings is 1. The molecule has 196 valence electrons. The lowest BCUT2D eigenvalue weighted by Crippen LogP contribution is -2.42. The molecule has 5 rings (SSSR count). The Morgan fingerprint density at radius 3 is 2.72 bits per heavy atom. The topological polar surface area (TPSA) is 74.3 Å². The van der Waals surface area contributed by atoms with E-state index in [0.29, 0.717) is 55.6 Å². The van der Waals surface area contributed by atoms with Gasteiger partial charge in [0.25, 0.3) is 5.91 Å². The number of ketones is 1. The smallest absolute Gasteiger partial charge is 0.290 e. The molecule has 1 amide bonds. The van der Waals surface area contributed by atoms with Gasteiger partial charge in [-0.25, -0.2) is 4.39 Å². The summed E-state index contributed by atoms with van der Waals surface area (Å²) in [6, 6.07) is 4.90. The lowest BCUT2D eigenvalue weighted by atomic mass is 9.77. The predicted octanol–water partition coefficient (Wildman–Crippen LogP) is 4.54. The SMILES string of the molecule is COc1cc(C2C3=C(OC4CCC(F)CC4C3=O)C(=O)N2CC2CCCO2)ccc1OCCC(C)C. The van der Waals surface area contributed by atoms with Crippen molar-refractivity contribution < 1.29 is 32.9 Å². The summed E-state index contributed by atoms with van der Waals surface area (Å²) in [7, 11) is 1.58. The molecule has 1 aliphatic carbocycles. The van der Waals surface area contributed by atoms with Crippen LogP contribution in [0.4, 0.5) is 4.39 Å². The van der Waals surface area contributed by atoms with E-state index >= 15 is 0 Å². The van der Waals surface area contributed by atoms with Gasteiger partial charge in [-0.2, -0.15) is 0 Å². The van der Waals surface area contributed by atoms with Crippen LogP contribution in [0.1, 0.15) is 64.0 Å². The summed E-state index contributed by atoms with van der Waals surface area (Å²) < 4.78 is 37.8. The Bertz CT molecular complexity index is 1030. The number of nitrogens with zero attached hydrogens (tertiary/aromatic N) is 1. The van der Waals surface area contributed by atoms with E-state index in [4.69, 9.17) is 18.9 Å². The van der Waals surface area contributed by atoms with Crippen LogP contribution >= 0.6 is 0 Å². The number of hydrogen-bond donors (Lipinski definition) is 0. The van der Waals surface area contributed by atoms with Gasteiger partial charge in [0.2, 0.25) is 0 Å². The standard InChI is InChI=1S/C28H36FNO6/c1-16(2)10-12-35-22-8-6-17(13-23(22)33-3)25-24-26(31)20-14-18(29)7-9-21(20)36-27(24)28(32)30(25)15-19-5-4-11-34-19/h6,8,13,16,18-21,25H,4-5,7,9-12,14-15H2,1-3H3. The van der Waals surface area contributed by atoms with Crippen molar-refractivity contribution in [3.8, 4) is 11.5 Å². The zero-order chi connectivity index (χ0) is 25.4. The second-order valence-corrected chi connectivity index (χ2v) is 10.7. The molecular weight excluding hydrogens is 465 g/mol. The quantitative estimate of drug-likeness (QED) is 0.521. The molecule has 1 saturated carbocycles. The highest BCUT2D eigenvalue weighted by Gasteiger charge is 2.53. The number of carbonyl (C=O) groups excluding carboxylic acids is 2. The molecule has 5 unspecified atom stereocenters. The first-order valence-electron chi connectivity index (χ1n) is 13.2. The fourth-order valence-electron chi connectivity index (χ4n) is 5.78. The number of fused-ring (bicyclic) bond motifs is 1. The summed E-state index contributed by atoms with van der Waals surface area (Å²) in [6.07, 6.45) is 2.08. The molecule has 0 spiro atoms. The van der Waals surface area contributed by atoms with E-state index in [1.54, 1.807) is 12.0 Å². The van der Waals surface area contributed by atoms with Crippen LogP contribution in [0.5, 0.6) is 11.5 Å². The third-order valence-electron chi connectivity index (χ3n) is 7.76. The minimum absolute atomic E-state index is 0.0917. The number of alkyl halides is 1. The van der Waals surface area contributed by atoms with E-state index in [1.165, 1.54) is 0 Å². The van der Waals surface area contributed by atoms with Gasteiger partial charge in [-0.1, -0.05) is 19.9 Å². The van der Waals surface area contributed by atoms with Gasteiger partial charge in [0.15, 0.2) is 23.0 Å². The molecule has 4 aliphatic rings. The number of amides is 1. The lowest BCUT2D eigenvalue weighted by molar-refractivity contribution is -0.137. The van der Waals surface area contributed by atoms with Crippen LogP contribution in [0.3, 0.4) is 0 Å². The van der Waals surface area contributed by atoms with Crippen LogP contribution < -0.4 is 9.47 Å². The normalized spacial score (nSPS) is 29.9. The Kier molecular flexibility index (Phi) is 7.24. The Labute approximate surface area is 211 Å². The molecule has 3 aliphatic heterocycles. The average Bonchev–Trinajstić information content (AvgIpc) is 3.47. The van der Waals surface area contributed by atoms with Crippen molar-refractivity contribution in [3.05, 3.63) is 35.1 Å². The summed E-state index contributed by atoms with van der Waals surface area (Å²) in [5, 5.41) is 0. The monoisotopic (exact) mass is 501 g/mol. The fourth-order valence-corrected chi connectivity index (χ4v) is 5.78. The van der Waals surface area contributed by atoms with Crippen molar-refractivity contribution in [2.45, 2.75) is 76.8 Å². The first kappa shape index (κ1) is 25.1. The van der Waals surface area contributed by atoms with Gasteiger partial charge in [-0.15, -0.1) is 0 Å². The van der Waals surface area contributed by atoms with Gasteiger partial charge in [0.1, 0.15) is 12.3 Å². The highest BCUT2D eigenvalue weighted by Crippen LogP contribution is 2.48. The molecule has 0 radical (unpaired) electrons. The molecule has 0 bridgehead atoms. The zero-order valence-corrected chi connectivity index (χ0v) is 21.3. The summed E-state index contributed by atoms with van der Waals surface area (Å²) in [5.74, 6) is 0.761. The van der Waals surface area contributed by atoms with Gasteiger partial charge >= 0.3 is 0 Å². The van der Waals surface area contributed by atoms with Crippen LogP contribution in [0, 0.1) is 11.8 Å². The van der Waals surface area contributed by atoms with E-state index in [2.05, 4.69) is 13.8 Å². The molecule has 2 fully saturated rings. The van der Waals surface area contributed by atoms with E-state index in [0.717, 1.165) is 24.8 Å². The van der Waals surface area contributed by atoms with E-state index in [9.17, 15) is 14.0 Å². The first-order valence-corrected chi connectivity index (χ1v) is 13.2. The summed E-state index contributed by atoms with van der Waals surface area (Å²) in [6.45, 7) is 5.87. The van der Waals surface area contributed by atoms with E-state index in [-0.39, 0.29) is 30.0 Å². The second-order valence-electron chi connectivity index (χ2n) is 10.7. The minimum atomic E-state index is -1.03. The number of hydrogen-bond acceptors (Lipinski definition) is 6. The van der Waals surface area contributed by atoms with Crippen LogP contribution in [0.2, 0.25) is 0 Å². The molecular formula is C28H36FNO6. The van der Waals surface area contributed by atoms with Gasteiger partial charge in [-0.05, 0) is 62.1 Å². The van der Waals surface area contributed by atoms with Gasteiger partial charge in [0, 0.05) is 13.2 Å². The van der Waals surface area contributed by atoms with Crippen molar-refractivity contribution >= 4 is 11.7 Å². The molecule has 3 heterocycles. The number of halogens is 1. The Balaban J connectivity index is 1.50. The lowest BCUT2D eigenvalue weighted by Gasteiger charge is -2.36. The molecule has 0 N–H and O–H groups in total. The van der Waals surface area contributed by atoms with Crippen molar-refractivity contribution in [2.75, 3.05) is 26.9 Å². The number of rotatable bonds is 8. The third kappa shape index (κ3) is 4.72. The molecule has 5 atom stereocenters. The fraction of sp³-hybridized carbons (Fsp3) is 0.643. The van der Waals surface area contributed by atoms with Crippen LogP contribution in [-0.2, 0) is 19.1 Å². The maximum absolute atomic E-state index is 14.3. The molecule has 1 aromatic carbocycles. The first-order chi connectivity index (χ1) is 17.4. The minimum Gasteiger partial charge on any atom is -0.493 e. The van der Waals surface area contributed by atoms with Crippen LogP contribution in [0.25, 0.3) is 0 Å². The number of Topliss-reactive ketones (excluding diaryl/α,β-unsaturated/α-hetero) is 1. The molecule has 1 saturated heterocycles. The third-order valence-corrected chi connectivity index (χ3v) is 7.76. The highest BCUT2D eigenvalue weighted by atomic mass is 19.1. The molecule has 0 aromatic heterocycles. The van der Waals surface area contributed by atoms with Crippen molar-refractivity contribution in [1.82, 2.24) is 4.90 Å². The summed E-state index contributed by atoms with van der Waals surface area (Å²) in [5.41, 5.74) is 1.08. The zero-order valence-electron chi connectivity index (χ0n) is 21.3. The molecule has 36 heavy (non-hydrogen) atoms. The Hall–Kier alpha value is -2.61. The van der Waals surface area contributed by atoms with Crippen LogP contribution in [0.15, 0.2) is 29.5 Å². The maximum atomic E-state index is 14.3. The Morgan fingerprint density at radius 1 is 1.17 bits per heavy atom. The van der Waals surface area contributed by atoms with Crippen LogP contribution in [-0.4, -0.2) is 61.8 Å². The summed E-state index contributed by atoms with van der Waals surface area (Å²) in [4.78, 5) is 29.1. The van der Waals surface area contributed by atoms with Gasteiger partial charge < -0.3 is 23.8 Å². The number of ether oxygens (including phenoxy) is 4. The molecule has 8 heteroatoms. The van der Waals surface area contributed by atoms with E-state index < -0.39 is 24.2 Å². The van der Waals surface area contributed by atoms with Crippen molar-refractivity contribution in [1.29, 1.82) is 0 Å². The number of methoxy groups -OCH3 is 1. The Morgan fingerprint density at radius 2 is 2.00 bits per heavy atom.